The van der Waals surface area contributed by atoms with Gasteiger partial charge >= 0.3 is 0 Å². The van der Waals surface area contributed by atoms with Crippen molar-refractivity contribution in [1.82, 2.24) is 14.5 Å². The lowest BCUT2D eigenvalue weighted by molar-refractivity contribution is 0.481. The van der Waals surface area contributed by atoms with E-state index in [-0.39, 0.29) is 23.2 Å². The van der Waals surface area contributed by atoms with Crippen LogP contribution in [0, 0.1) is 5.82 Å². The zero-order valence-corrected chi connectivity index (χ0v) is 16.8. The molecule has 2 heterocycles. The summed E-state index contributed by atoms with van der Waals surface area (Å²) in [5.41, 5.74) is 6.33. The van der Waals surface area contributed by atoms with Crippen molar-refractivity contribution in [2.75, 3.05) is 12.8 Å². The van der Waals surface area contributed by atoms with Crippen molar-refractivity contribution in [2.45, 2.75) is 12.5 Å². The van der Waals surface area contributed by atoms with Crippen molar-refractivity contribution in [3.8, 4) is 22.9 Å². The molecule has 150 valence electrons. The maximum atomic E-state index is 14.8. The molecule has 29 heavy (non-hydrogen) atoms. The number of aliphatic imine (C=N–C) groups is 1. The highest BCUT2D eigenvalue weighted by Crippen LogP contribution is 2.35. The third-order valence-corrected chi connectivity index (χ3v) is 7.13. The Morgan fingerprint density at radius 1 is 1.17 bits per heavy atom. The number of aromatic nitrogens is 2. The maximum absolute atomic E-state index is 14.8. The van der Waals surface area contributed by atoms with Gasteiger partial charge in [-0.3, -0.25) is 4.31 Å². The van der Waals surface area contributed by atoms with Crippen LogP contribution in [-0.4, -0.2) is 43.3 Å². The Labute approximate surface area is 168 Å². The first-order valence-electron chi connectivity index (χ1n) is 8.83. The molecule has 1 aliphatic heterocycles. The number of rotatable bonds is 3. The van der Waals surface area contributed by atoms with Gasteiger partial charge in [-0.1, -0.05) is 18.2 Å². The number of hydrogen-bond acceptors (Lipinski definition) is 6. The highest BCUT2D eigenvalue weighted by molar-refractivity contribution is 7.98. The quantitative estimate of drug-likeness (QED) is 0.666. The van der Waals surface area contributed by atoms with Crippen LogP contribution in [0.15, 0.2) is 57.9 Å². The van der Waals surface area contributed by atoms with Crippen LogP contribution in [-0.2, 0) is 15.2 Å². The van der Waals surface area contributed by atoms with E-state index in [4.69, 9.17) is 10.2 Å². The fourth-order valence-corrected chi connectivity index (χ4v) is 4.98. The fraction of sp³-hybridized carbons (Fsp3) is 0.200. The van der Waals surface area contributed by atoms with Crippen LogP contribution in [0.4, 0.5) is 4.39 Å². The molecule has 0 spiro atoms. The van der Waals surface area contributed by atoms with E-state index in [1.54, 1.807) is 26.1 Å². The smallest absolute Gasteiger partial charge is 0.248 e. The maximum Gasteiger partial charge on any atom is 0.248 e. The zero-order valence-electron chi connectivity index (χ0n) is 16.0. The van der Waals surface area contributed by atoms with E-state index < -0.39 is 21.1 Å². The van der Waals surface area contributed by atoms with Gasteiger partial charge < -0.3 is 10.2 Å². The van der Waals surface area contributed by atoms with Gasteiger partial charge in [0.25, 0.3) is 0 Å². The summed E-state index contributed by atoms with van der Waals surface area (Å²) < 4.78 is 34.7. The first-order valence-corrected chi connectivity index (χ1v) is 10.7. The van der Waals surface area contributed by atoms with E-state index in [2.05, 4.69) is 21.1 Å². The first kappa shape index (κ1) is 19.1. The van der Waals surface area contributed by atoms with E-state index >= 15 is 0 Å². The topological polar surface area (TPSA) is 97.6 Å². The summed E-state index contributed by atoms with van der Waals surface area (Å²) >= 11 is 0. The van der Waals surface area contributed by atoms with Crippen LogP contribution in [0.3, 0.4) is 0 Å². The van der Waals surface area contributed by atoms with Gasteiger partial charge in [0.2, 0.25) is 17.7 Å². The molecule has 2 N–H and O–H groups in total. The second-order valence-electron chi connectivity index (χ2n) is 7.13. The highest BCUT2D eigenvalue weighted by atomic mass is 32.2. The SMILES string of the molecule is C=S1(=O)C[C@@](C)(c2cc(-c3nnc(-c4ccccc4)o3)ccc2F)N=C(N)N1C. The molecule has 7 nitrogen and oxygen atoms in total. The van der Waals surface area contributed by atoms with Gasteiger partial charge in [0.05, 0.1) is 15.5 Å². The molecule has 0 saturated carbocycles. The molecule has 0 fully saturated rings. The van der Waals surface area contributed by atoms with E-state index in [0.717, 1.165) is 5.56 Å². The minimum absolute atomic E-state index is 0.0245. The molecular weight excluding hydrogens is 393 g/mol. The summed E-state index contributed by atoms with van der Waals surface area (Å²) in [6.07, 6.45) is 0. The number of nitrogens with zero attached hydrogens (tertiary/aromatic N) is 4. The lowest BCUT2D eigenvalue weighted by atomic mass is 9.92. The van der Waals surface area contributed by atoms with Crippen molar-refractivity contribution < 1.29 is 13.0 Å². The van der Waals surface area contributed by atoms with E-state index in [9.17, 15) is 8.60 Å². The summed E-state index contributed by atoms with van der Waals surface area (Å²) in [5, 5.41) is 8.15. The van der Waals surface area contributed by atoms with Gasteiger partial charge in [-0.25, -0.2) is 13.6 Å². The molecule has 1 aliphatic rings. The Bertz CT molecular complexity index is 1210. The second-order valence-corrected chi connectivity index (χ2v) is 9.51. The molecule has 0 aliphatic carbocycles. The average Bonchev–Trinajstić information content (AvgIpc) is 3.17. The van der Waals surface area contributed by atoms with Crippen molar-refractivity contribution in [2.24, 2.45) is 10.7 Å². The largest absolute Gasteiger partial charge is 0.416 e. The summed E-state index contributed by atoms with van der Waals surface area (Å²) in [5.74, 6) is 3.95. The van der Waals surface area contributed by atoms with E-state index in [1.807, 2.05) is 30.3 Å². The molecule has 0 amide bonds. The summed E-state index contributed by atoms with van der Waals surface area (Å²) in [6.45, 7) is 1.68. The predicted molar refractivity (Wildman–Crippen MR) is 112 cm³/mol. The third kappa shape index (κ3) is 3.38. The van der Waals surface area contributed by atoms with Crippen molar-refractivity contribution in [1.29, 1.82) is 0 Å². The van der Waals surface area contributed by atoms with Gasteiger partial charge in [0, 0.05) is 23.7 Å². The number of nitrogens with two attached hydrogens (primary N) is 1. The standard InChI is InChI=1S/C20H20FN5O2S/c1-20(12-29(3,27)26(2)19(22)23-20)15-11-14(9-10-16(15)21)18-25-24-17(28-18)13-7-5-4-6-8-13/h4-11H,3,12H2,1-2H3,(H2,22,23)/t20-,29?/m0/s1. The van der Waals surface area contributed by atoms with Crippen molar-refractivity contribution in [3.05, 3.63) is 59.9 Å². The Kier molecular flexibility index (Phi) is 4.42. The number of benzene rings is 2. The van der Waals surface area contributed by atoms with Gasteiger partial charge in [0.1, 0.15) is 11.4 Å². The number of guanidine groups is 1. The minimum Gasteiger partial charge on any atom is -0.416 e. The minimum atomic E-state index is -2.73. The van der Waals surface area contributed by atoms with Gasteiger partial charge in [0.15, 0.2) is 0 Å². The average molecular weight is 413 g/mol. The molecule has 0 radical (unpaired) electrons. The monoisotopic (exact) mass is 413 g/mol. The van der Waals surface area contributed by atoms with Crippen molar-refractivity contribution >= 4 is 21.5 Å². The molecule has 4 rings (SSSR count). The zero-order chi connectivity index (χ0) is 20.8. The molecule has 9 heteroatoms. The highest BCUT2D eigenvalue weighted by Gasteiger charge is 2.39. The number of hydrogen-bond donors (Lipinski definition) is 1. The Hall–Kier alpha value is -3.20. The normalized spacial score (nSPS) is 24.4. The van der Waals surface area contributed by atoms with E-state index in [1.165, 1.54) is 10.4 Å². The molecular formula is C20H20FN5O2S. The van der Waals surface area contributed by atoms with Gasteiger partial charge in [-0.15, -0.1) is 10.2 Å². The summed E-state index contributed by atoms with van der Waals surface area (Å²) in [4.78, 5) is 4.40. The molecule has 1 aromatic heterocycles. The van der Waals surface area contributed by atoms with Crippen LogP contribution in [0.1, 0.15) is 12.5 Å². The van der Waals surface area contributed by atoms with Crippen molar-refractivity contribution in [3.63, 3.8) is 0 Å². The summed E-state index contributed by atoms with van der Waals surface area (Å²) in [6, 6.07) is 13.8. The van der Waals surface area contributed by atoms with Crippen LogP contribution in [0.25, 0.3) is 22.9 Å². The second kappa shape index (κ2) is 6.70. The van der Waals surface area contributed by atoms with E-state index in [0.29, 0.717) is 11.5 Å². The predicted octanol–water partition coefficient (Wildman–Crippen LogP) is 2.65. The Balaban J connectivity index is 1.77. The van der Waals surface area contributed by atoms with Crippen LogP contribution in [0.2, 0.25) is 0 Å². The first-order chi connectivity index (χ1) is 13.7. The lowest BCUT2D eigenvalue weighted by Gasteiger charge is -2.37. The third-order valence-electron chi connectivity index (χ3n) is 4.93. The molecule has 0 saturated heterocycles. The van der Waals surface area contributed by atoms with Crippen LogP contribution in [0.5, 0.6) is 0 Å². The van der Waals surface area contributed by atoms with Crippen LogP contribution < -0.4 is 5.73 Å². The fourth-order valence-electron chi connectivity index (χ4n) is 3.31. The molecule has 0 bridgehead atoms. The molecule has 2 atom stereocenters. The molecule has 3 aromatic rings. The molecule has 1 unspecified atom stereocenters. The summed E-state index contributed by atoms with van der Waals surface area (Å²) in [7, 11) is -1.17. The van der Waals surface area contributed by atoms with Crippen LogP contribution >= 0.6 is 0 Å². The number of halogens is 1. The lowest BCUT2D eigenvalue weighted by Crippen LogP contribution is -2.50. The Morgan fingerprint density at radius 2 is 1.83 bits per heavy atom. The van der Waals surface area contributed by atoms with Gasteiger partial charge in [-0.2, -0.15) is 0 Å². The molecule has 2 aromatic carbocycles. The van der Waals surface area contributed by atoms with Gasteiger partial charge in [-0.05, 0) is 43.1 Å². The Morgan fingerprint density at radius 3 is 2.48 bits per heavy atom.